The molecule has 0 aliphatic carbocycles. The van der Waals surface area contributed by atoms with Crippen LogP contribution in [0.15, 0.2) is 60.8 Å². The quantitative estimate of drug-likeness (QED) is 0.671. The molecule has 1 aliphatic rings. The molecule has 0 atom stereocenters. The van der Waals surface area contributed by atoms with Crippen molar-refractivity contribution < 1.29 is 9.53 Å². The summed E-state index contributed by atoms with van der Waals surface area (Å²) in [5.41, 5.74) is 3.04. The number of hydrogen-bond acceptors (Lipinski definition) is 4. The number of ether oxygens (including phenoxy) is 1. The van der Waals surface area contributed by atoms with Crippen LogP contribution in [0.25, 0.3) is 10.9 Å². The van der Waals surface area contributed by atoms with Crippen molar-refractivity contribution in [1.82, 2.24) is 9.47 Å². The Morgan fingerprint density at radius 1 is 1.07 bits per heavy atom. The highest BCUT2D eigenvalue weighted by atomic mass is 16.5. The molecule has 3 aromatic rings. The first kappa shape index (κ1) is 19.5. The molecular weight excluding hydrogens is 364 g/mol. The van der Waals surface area contributed by atoms with Crippen LogP contribution in [0.1, 0.15) is 0 Å². The van der Waals surface area contributed by atoms with Gasteiger partial charge in [-0.05, 0) is 36.4 Å². The fraction of sp³-hybridized carbons (Fsp3) is 0.348. The highest BCUT2D eigenvalue weighted by molar-refractivity contribution is 5.96. The summed E-state index contributed by atoms with van der Waals surface area (Å²) in [6.45, 7) is 5.96. The van der Waals surface area contributed by atoms with Gasteiger partial charge in [-0.2, -0.15) is 0 Å². The first-order valence-corrected chi connectivity index (χ1v) is 10.1. The molecule has 152 valence electrons. The summed E-state index contributed by atoms with van der Waals surface area (Å²) in [4.78, 5) is 16.8. The van der Waals surface area contributed by atoms with Gasteiger partial charge in [-0.25, -0.2) is 0 Å². The van der Waals surface area contributed by atoms with Gasteiger partial charge in [-0.3, -0.25) is 9.69 Å². The maximum atomic E-state index is 12.4. The van der Waals surface area contributed by atoms with E-state index in [0.29, 0.717) is 6.54 Å². The first-order valence-electron chi connectivity index (χ1n) is 10.1. The van der Waals surface area contributed by atoms with Gasteiger partial charge in [0.05, 0.1) is 19.8 Å². The zero-order valence-electron chi connectivity index (χ0n) is 16.9. The Labute approximate surface area is 171 Å². The summed E-state index contributed by atoms with van der Waals surface area (Å²) in [6, 6.07) is 18.1. The zero-order chi connectivity index (χ0) is 20.1. The van der Waals surface area contributed by atoms with Crippen molar-refractivity contribution in [2.24, 2.45) is 0 Å². The Morgan fingerprint density at radius 2 is 1.86 bits per heavy atom. The molecule has 0 saturated carbocycles. The van der Waals surface area contributed by atoms with Gasteiger partial charge in [0.1, 0.15) is 0 Å². The van der Waals surface area contributed by atoms with Crippen LogP contribution in [0.2, 0.25) is 0 Å². The molecule has 29 heavy (non-hydrogen) atoms. The standard InChI is InChI=1S/C23H28N4O2/c1-25(21-5-3-2-4-6-21)18-23(28)24-20-7-8-22-19(17-20)9-10-27(22)12-11-26-13-15-29-16-14-26/h2-10,17H,11-16,18H2,1H3,(H,24,28). The number of carbonyl (C=O) groups excluding carboxylic acids is 1. The van der Waals surface area contributed by atoms with Gasteiger partial charge in [0, 0.05) is 61.7 Å². The van der Waals surface area contributed by atoms with Crippen LogP contribution in [0, 0.1) is 0 Å². The summed E-state index contributed by atoms with van der Waals surface area (Å²) in [7, 11) is 1.92. The fourth-order valence-corrected chi connectivity index (χ4v) is 3.74. The summed E-state index contributed by atoms with van der Waals surface area (Å²) >= 11 is 0. The third kappa shape index (κ3) is 4.96. The smallest absolute Gasteiger partial charge is 0.243 e. The highest BCUT2D eigenvalue weighted by Gasteiger charge is 2.12. The molecule has 1 aliphatic heterocycles. The molecule has 6 nitrogen and oxygen atoms in total. The molecule has 2 aromatic carbocycles. The van der Waals surface area contributed by atoms with Crippen molar-refractivity contribution in [3.05, 3.63) is 60.8 Å². The molecule has 0 radical (unpaired) electrons. The van der Waals surface area contributed by atoms with Crippen LogP contribution in [-0.2, 0) is 16.1 Å². The lowest BCUT2D eigenvalue weighted by molar-refractivity contribution is -0.114. The summed E-state index contributed by atoms with van der Waals surface area (Å²) in [5, 5.41) is 4.16. The van der Waals surface area contributed by atoms with Crippen molar-refractivity contribution in [2.45, 2.75) is 6.54 Å². The van der Waals surface area contributed by atoms with Crippen molar-refractivity contribution in [1.29, 1.82) is 0 Å². The topological polar surface area (TPSA) is 49.7 Å². The Kier molecular flexibility index (Phi) is 6.12. The van der Waals surface area contributed by atoms with E-state index in [0.717, 1.165) is 56.2 Å². The summed E-state index contributed by atoms with van der Waals surface area (Å²) in [5.74, 6) is -0.0255. The lowest BCUT2D eigenvalue weighted by atomic mass is 10.2. The average Bonchev–Trinajstić information content (AvgIpc) is 3.15. The van der Waals surface area contributed by atoms with Gasteiger partial charge in [0.15, 0.2) is 0 Å². The second kappa shape index (κ2) is 9.11. The lowest BCUT2D eigenvalue weighted by Gasteiger charge is -2.26. The molecular formula is C23H28N4O2. The summed E-state index contributed by atoms with van der Waals surface area (Å²) in [6.07, 6.45) is 2.12. The molecule has 1 aromatic heterocycles. The van der Waals surface area contributed by atoms with Crippen LogP contribution in [-0.4, -0.2) is 61.8 Å². The monoisotopic (exact) mass is 392 g/mol. The predicted molar refractivity (Wildman–Crippen MR) is 118 cm³/mol. The number of rotatable bonds is 7. The minimum atomic E-state index is -0.0255. The number of aromatic nitrogens is 1. The van der Waals surface area contributed by atoms with Crippen LogP contribution in [0.5, 0.6) is 0 Å². The number of likely N-dealkylation sites (N-methyl/N-ethyl adjacent to an activating group) is 1. The number of morpholine rings is 1. The van der Waals surface area contributed by atoms with Crippen LogP contribution in [0.3, 0.4) is 0 Å². The van der Waals surface area contributed by atoms with Crippen molar-refractivity contribution in [3.8, 4) is 0 Å². The molecule has 0 unspecified atom stereocenters. The maximum Gasteiger partial charge on any atom is 0.243 e. The minimum Gasteiger partial charge on any atom is -0.379 e. The van der Waals surface area contributed by atoms with E-state index in [2.05, 4.69) is 33.1 Å². The molecule has 0 spiro atoms. The van der Waals surface area contributed by atoms with E-state index in [1.165, 1.54) is 5.52 Å². The van der Waals surface area contributed by atoms with E-state index in [1.807, 2.05) is 54.4 Å². The van der Waals surface area contributed by atoms with E-state index < -0.39 is 0 Å². The average molecular weight is 393 g/mol. The molecule has 1 N–H and O–H groups in total. The molecule has 1 amide bonds. The molecule has 4 rings (SSSR count). The van der Waals surface area contributed by atoms with E-state index >= 15 is 0 Å². The van der Waals surface area contributed by atoms with E-state index in [1.54, 1.807) is 0 Å². The number of nitrogens with zero attached hydrogens (tertiary/aromatic N) is 3. The van der Waals surface area contributed by atoms with E-state index in [9.17, 15) is 4.79 Å². The van der Waals surface area contributed by atoms with Gasteiger partial charge in [0.2, 0.25) is 5.91 Å². The Morgan fingerprint density at radius 3 is 2.66 bits per heavy atom. The SMILES string of the molecule is CN(CC(=O)Nc1ccc2c(ccn2CCN2CCOCC2)c1)c1ccccc1. The number of nitrogens with one attached hydrogen (secondary N) is 1. The minimum absolute atomic E-state index is 0.0255. The number of hydrogen-bond donors (Lipinski definition) is 1. The largest absolute Gasteiger partial charge is 0.379 e. The number of para-hydroxylation sites is 1. The highest BCUT2D eigenvalue weighted by Crippen LogP contribution is 2.21. The summed E-state index contributed by atoms with van der Waals surface area (Å²) < 4.78 is 7.69. The lowest BCUT2D eigenvalue weighted by Crippen LogP contribution is -2.38. The third-order valence-corrected chi connectivity index (χ3v) is 5.39. The number of amides is 1. The number of carbonyl (C=O) groups is 1. The van der Waals surface area contributed by atoms with Crippen molar-refractivity contribution in [3.63, 3.8) is 0 Å². The van der Waals surface area contributed by atoms with E-state index in [4.69, 9.17) is 4.74 Å². The Hall–Kier alpha value is -2.83. The van der Waals surface area contributed by atoms with Gasteiger partial charge in [0.25, 0.3) is 0 Å². The Balaban J connectivity index is 1.35. The second-order valence-corrected chi connectivity index (χ2v) is 7.48. The molecule has 0 bridgehead atoms. The van der Waals surface area contributed by atoms with Crippen molar-refractivity contribution >= 4 is 28.2 Å². The van der Waals surface area contributed by atoms with Gasteiger partial charge in [-0.1, -0.05) is 18.2 Å². The molecule has 6 heteroatoms. The normalized spacial score (nSPS) is 14.8. The van der Waals surface area contributed by atoms with Crippen LogP contribution >= 0.6 is 0 Å². The molecule has 1 fully saturated rings. The van der Waals surface area contributed by atoms with Gasteiger partial charge >= 0.3 is 0 Å². The first-order chi connectivity index (χ1) is 14.2. The van der Waals surface area contributed by atoms with Crippen molar-refractivity contribution in [2.75, 3.05) is 56.7 Å². The zero-order valence-corrected chi connectivity index (χ0v) is 16.9. The van der Waals surface area contributed by atoms with Gasteiger partial charge < -0.3 is 19.5 Å². The van der Waals surface area contributed by atoms with Crippen LogP contribution in [0.4, 0.5) is 11.4 Å². The maximum absolute atomic E-state index is 12.4. The predicted octanol–water partition coefficient (Wildman–Crippen LogP) is 3.05. The third-order valence-electron chi connectivity index (χ3n) is 5.39. The number of fused-ring (bicyclic) bond motifs is 1. The van der Waals surface area contributed by atoms with Gasteiger partial charge in [-0.15, -0.1) is 0 Å². The fourth-order valence-electron chi connectivity index (χ4n) is 3.74. The second-order valence-electron chi connectivity index (χ2n) is 7.48. The Bertz CT molecular complexity index is 948. The van der Waals surface area contributed by atoms with Crippen LogP contribution < -0.4 is 10.2 Å². The number of anilines is 2. The van der Waals surface area contributed by atoms with E-state index in [-0.39, 0.29) is 5.91 Å². The molecule has 2 heterocycles. The number of benzene rings is 2. The molecule has 1 saturated heterocycles.